The van der Waals surface area contributed by atoms with Crippen molar-refractivity contribution >= 4 is 21.6 Å². The molecule has 3 rings (SSSR count). The molecule has 0 saturated carbocycles. The Morgan fingerprint density at radius 2 is 2.22 bits per heavy atom. The third-order valence-electron chi connectivity index (χ3n) is 2.54. The summed E-state index contributed by atoms with van der Waals surface area (Å²) in [6.07, 6.45) is 5.03. The second-order valence-electron chi connectivity index (χ2n) is 3.81. The number of nitrogens with zero attached hydrogens (tertiary/aromatic N) is 4. The summed E-state index contributed by atoms with van der Waals surface area (Å²) in [4.78, 5) is 4.18. The van der Waals surface area contributed by atoms with E-state index in [1.165, 1.54) is 0 Å². The van der Waals surface area contributed by atoms with E-state index in [9.17, 15) is 0 Å². The molecule has 0 radical (unpaired) electrons. The van der Waals surface area contributed by atoms with E-state index in [-0.39, 0.29) is 0 Å². The molecule has 0 saturated heterocycles. The zero-order valence-corrected chi connectivity index (χ0v) is 11.1. The van der Waals surface area contributed by atoms with Gasteiger partial charge in [-0.15, -0.1) is 10.2 Å². The van der Waals surface area contributed by atoms with Crippen LogP contribution < -0.4 is 4.74 Å². The number of halogens is 1. The van der Waals surface area contributed by atoms with Crippen molar-refractivity contribution in [2.24, 2.45) is 0 Å². The van der Waals surface area contributed by atoms with E-state index in [1.807, 2.05) is 25.1 Å². The largest absolute Gasteiger partial charge is 0.436 e. The van der Waals surface area contributed by atoms with Gasteiger partial charge in [-0.25, -0.2) is 4.98 Å². The first-order valence-corrected chi connectivity index (χ1v) is 6.12. The van der Waals surface area contributed by atoms with Gasteiger partial charge in [0.15, 0.2) is 0 Å². The molecule has 2 heterocycles. The lowest BCUT2D eigenvalue weighted by Crippen LogP contribution is -1.94. The van der Waals surface area contributed by atoms with Crippen molar-refractivity contribution in [2.75, 3.05) is 0 Å². The summed E-state index contributed by atoms with van der Waals surface area (Å²) in [6, 6.07) is 5.84. The summed E-state index contributed by atoms with van der Waals surface area (Å²) in [5.41, 5.74) is 1.62. The first-order chi connectivity index (χ1) is 8.74. The standard InChI is InChI=1S/C12H9BrN4O/c1-8-2-3-9(13)6-10(8)18-12-11-16-15-7-17(11)5-4-14-12/h2-7H,1H3. The second-order valence-corrected chi connectivity index (χ2v) is 4.72. The van der Waals surface area contributed by atoms with Gasteiger partial charge in [-0.2, -0.15) is 0 Å². The molecule has 90 valence electrons. The normalized spacial score (nSPS) is 10.8. The number of hydrogen-bond donors (Lipinski definition) is 0. The maximum Gasteiger partial charge on any atom is 0.265 e. The molecule has 0 aliphatic rings. The molecule has 3 aromatic rings. The van der Waals surface area contributed by atoms with Crippen molar-refractivity contribution in [3.63, 3.8) is 0 Å². The molecule has 0 spiro atoms. The van der Waals surface area contributed by atoms with Crippen LogP contribution in [0.1, 0.15) is 5.56 Å². The van der Waals surface area contributed by atoms with Crippen LogP contribution in [0, 0.1) is 6.92 Å². The van der Waals surface area contributed by atoms with Crippen LogP contribution in [0.15, 0.2) is 41.4 Å². The zero-order valence-electron chi connectivity index (χ0n) is 9.54. The monoisotopic (exact) mass is 304 g/mol. The molecule has 0 amide bonds. The highest BCUT2D eigenvalue weighted by atomic mass is 79.9. The molecule has 0 aliphatic carbocycles. The number of fused-ring (bicyclic) bond motifs is 1. The van der Waals surface area contributed by atoms with Crippen molar-refractivity contribution in [1.29, 1.82) is 0 Å². The van der Waals surface area contributed by atoms with Crippen LogP contribution in [0.25, 0.3) is 5.65 Å². The van der Waals surface area contributed by atoms with Crippen molar-refractivity contribution in [3.05, 3.63) is 47.0 Å². The fraction of sp³-hybridized carbons (Fsp3) is 0.0833. The fourth-order valence-corrected chi connectivity index (χ4v) is 1.94. The summed E-state index contributed by atoms with van der Waals surface area (Å²) in [5, 5.41) is 7.81. The van der Waals surface area contributed by atoms with Crippen molar-refractivity contribution < 1.29 is 4.74 Å². The topological polar surface area (TPSA) is 52.3 Å². The Kier molecular flexibility index (Phi) is 2.71. The van der Waals surface area contributed by atoms with Gasteiger partial charge in [0.2, 0.25) is 5.65 Å². The van der Waals surface area contributed by atoms with Gasteiger partial charge in [0.25, 0.3) is 5.88 Å². The van der Waals surface area contributed by atoms with Crippen molar-refractivity contribution in [1.82, 2.24) is 19.6 Å². The quantitative estimate of drug-likeness (QED) is 0.730. The first kappa shape index (κ1) is 11.2. The van der Waals surface area contributed by atoms with Crippen LogP contribution >= 0.6 is 15.9 Å². The molecular formula is C12H9BrN4O. The zero-order chi connectivity index (χ0) is 12.5. The molecule has 0 bridgehead atoms. The van der Waals surface area contributed by atoms with Gasteiger partial charge in [0.1, 0.15) is 12.1 Å². The minimum absolute atomic E-state index is 0.441. The molecule has 0 fully saturated rings. The molecule has 0 N–H and O–H groups in total. The van der Waals surface area contributed by atoms with Gasteiger partial charge in [-0.1, -0.05) is 22.0 Å². The Hall–Kier alpha value is -1.95. The number of ether oxygens (including phenoxy) is 1. The number of rotatable bonds is 2. The SMILES string of the molecule is Cc1ccc(Br)cc1Oc1nccn2cnnc12. The molecular weight excluding hydrogens is 296 g/mol. The molecule has 0 aliphatic heterocycles. The van der Waals surface area contributed by atoms with Crippen LogP contribution in [-0.4, -0.2) is 19.6 Å². The molecule has 5 nitrogen and oxygen atoms in total. The average Bonchev–Trinajstić information content (AvgIpc) is 2.83. The summed E-state index contributed by atoms with van der Waals surface area (Å²) < 4.78 is 8.51. The van der Waals surface area contributed by atoms with Crippen LogP contribution in [0.3, 0.4) is 0 Å². The highest BCUT2D eigenvalue weighted by Gasteiger charge is 2.09. The van der Waals surface area contributed by atoms with Gasteiger partial charge >= 0.3 is 0 Å². The van der Waals surface area contributed by atoms with Crippen molar-refractivity contribution in [2.45, 2.75) is 6.92 Å². The molecule has 1 aromatic carbocycles. The van der Waals surface area contributed by atoms with E-state index in [4.69, 9.17) is 4.74 Å². The van der Waals surface area contributed by atoms with Gasteiger partial charge in [-0.3, -0.25) is 4.40 Å². The highest BCUT2D eigenvalue weighted by Crippen LogP contribution is 2.28. The lowest BCUT2D eigenvalue weighted by Gasteiger charge is -2.08. The summed E-state index contributed by atoms with van der Waals surface area (Å²) in [6.45, 7) is 1.98. The van der Waals surface area contributed by atoms with Gasteiger partial charge in [-0.05, 0) is 24.6 Å². The van der Waals surface area contributed by atoms with Gasteiger partial charge in [0, 0.05) is 16.9 Å². The minimum Gasteiger partial charge on any atom is -0.436 e. The molecule has 18 heavy (non-hydrogen) atoms. The first-order valence-electron chi connectivity index (χ1n) is 5.32. The maximum atomic E-state index is 5.80. The predicted octanol–water partition coefficient (Wildman–Crippen LogP) is 2.99. The third kappa shape index (κ3) is 1.95. The summed E-state index contributed by atoms with van der Waals surface area (Å²) >= 11 is 3.42. The highest BCUT2D eigenvalue weighted by molar-refractivity contribution is 9.10. The van der Waals surface area contributed by atoms with E-state index in [2.05, 4.69) is 31.1 Å². The van der Waals surface area contributed by atoms with Crippen LogP contribution in [0.5, 0.6) is 11.6 Å². The Morgan fingerprint density at radius 1 is 1.33 bits per heavy atom. The number of benzene rings is 1. The predicted molar refractivity (Wildman–Crippen MR) is 69.7 cm³/mol. The van der Waals surface area contributed by atoms with Gasteiger partial charge < -0.3 is 4.74 Å². The molecule has 0 atom stereocenters. The average molecular weight is 305 g/mol. The fourth-order valence-electron chi connectivity index (χ4n) is 1.60. The van der Waals surface area contributed by atoms with E-state index in [1.54, 1.807) is 23.1 Å². The van der Waals surface area contributed by atoms with Crippen LogP contribution in [0.4, 0.5) is 0 Å². The van der Waals surface area contributed by atoms with E-state index >= 15 is 0 Å². The molecule has 0 unspecified atom stereocenters. The Balaban J connectivity index is 2.06. The maximum absolute atomic E-state index is 5.80. The minimum atomic E-state index is 0.441. The van der Waals surface area contributed by atoms with E-state index in [0.29, 0.717) is 11.5 Å². The number of hydrogen-bond acceptors (Lipinski definition) is 4. The molecule has 2 aromatic heterocycles. The van der Waals surface area contributed by atoms with Crippen LogP contribution in [0.2, 0.25) is 0 Å². The van der Waals surface area contributed by atoms with Crippen LogP contribution in [-0.2, 0) is 0 Å². The van der Waals surface area contributed by atoms with E-state index in [0.717, 1.165) is 15.8 Å². The summed E-state index contributed by atoms with van der Waals surface area (Å²) in [7, 11) is 0. The number of aromatic nitrogens is 4. The Labute approximate surface area is 112 Å². The Bertz CT molecular complexity index is 710. The lowest BCUT2D eigenvalue weighted by molar-refractivity contribution is 0.461. The summed E-state index contributed by atoms with van der Waals surface area (Å²) in [5.74, 6) is 1.18. The lowest BCUT2D eigenvalue weighted by atomic mass is 10.2. The number of aryl methyl sites for hydroxylation is 1. The van der Waals surface area contributed by atoms with Gasteiger partial charge in [0.05, 0.1) is 0 Å². The third-order valence-corrected chi connectivity index (χ3v) is 3.03. The Morgan fingerprint density at radius 3 is 3.11 bits per heavy atom. The smallest absolute Gasteiger partial charge is 0.265 e. The van der Waals surface area contributed by atoms with Crippen molar-refractivity contribution in [3.8, 4) is 11.6 Å². The van der Waals surface area contributed by atoms with E-state index < -0.39 is 0 Å². The molecule has 6 heteroatoms. The second kappa shape index (κ2) is 4.38.